The van der Waals surface area contributed by atoms with Gasteiger partial charge in [-0.15, -0.1) is 0 Å². The average molecular weight is 248 g/mol. The highest BCUT2D eigenvalue weighted by Crippen LogP contribution is 2.17. The van der Waals surface area contributed by atoms with E-state index in [0.717, 1.165) is 12.8 Å². The van der Waals surface area contributed by atoms with E-state index in [0.29, 0.717) is 17.4 Å². The maximum absolute atomic E-state index is 8.93. The third-order valence-electron chi connectivity index (χ3n) is 2.72. The number of imidazole rings is 1. The lowest BCUT2D eigenvalue weighted by Gasteiger charge is -2.05. The molecule has 0 atom stereocenters. The smallest absolute Gasteiger partial charge is 0.189 e. The summed E-state index contributed by atoms with van der Waals surface area (Å²) in [6, 6.07) is 2.03. The molecule has 0 aliphatic heterocycles. The van der Waals surface area contributed by atoms with Crippen molar-refractivity contribution in [2.45, 2.75) is 39.0 Å². The standard InChI is InChI=1S/C13H20N4O/c1-4-5-6-7-8-12(18-3)16-13-11(9-14)15-10-17(13)2/h10H,4-8H2,1-3H3. The molecular formula is C13H20N4O. The van der Waals surface area contributed by atoms with Crippen LogP contribution in [0.4, 0.5) is 5.82 Å². The molecule has 1 rings (SSSR count). The number of ether oxygens (including phenoxy) is 1. The maximum Gasteiger partial charge on any atom is 0.189 e. The van der Waals surface area contributed by atoms with Gasteiger partial charge in [-0.2, -0.15) is 10.3 Å². The second kappa shape index (κ2) is 7.49. The van der Waals surface area contributed by atoms with Gasteiger partial charge in [0, 0.05) is 13.5 Å². The Labute approximate surface area is 108 Å². The minimum atomic E-state index is 0.334. The zero-order chi connectivity index (χ0) is 13.4. The van der Waals surface area contributed by atoms with E-state index in [1.807, 2.05) is 13.1 Å². The van der Waals surface area contributed by atoms with E-state index in [9.17, 15) is 0 Å². The zero-order valence-electron chi connectivity index (χ0n) is 11.3. The van der Waals surface area contributed by atoms with Gasteiger partial charge in [0.05, 0.1) is 13.4 Å². The number of unbranched alkanes of at least 4 members (excludes halogenated alkanes) is 3. The van der Waals surface area contributed by atoms with Crippen molar-refractivity contribution in [2.75, 3.05) is 7.11 Å². The summed E-state index contributed by atoms with van der Waals surface area (Å²) in [6.45, 7) is 2.18. The van der Waals surface area contributed by atoms with Crippen LogP contribution in [0.15, 0.2) is 11.3 Å². The molecule has 98 valence electrons. The molecule has 0 unspecified atom stereocenters. The van der Waals surface area contributed by atoms with Crippen LogP contribution in [0.3, 0.4) is 0 Å². The van der Waals surface area contributed by atoms with Crippen molar-refractivity contribution < 1.29 is 4.74 Å². The van der Waals surface area contributed by atoms with Gasteiger partial charge in [-0.3, -0.25) is 0 Å². The lowest BCUT2D eigenvalue weighted by atomic mass is 10.1. The van der Waals surface area contributed by atoms with Gasteiger partial charge < -0.3 is 9.30 Å². The molecule has 0 amide bonds. The fraction of sp³-hybridized carbons (Fsp3) is 0.615. The number of aryl methyl sites for hydroxylation is 1. The molecule has 0 N–H and O–H groups in total. The Kier molecular flexibility index (Phi) is 5.92. The first-order valence-electron chi connectivity index (χ1n) is 6.25. The van der Waals surface area contributed by atoms with Crippen LogP contribution < -0.4 is 0 Å². The van der Waals surface area contributed by atoms with Crippen LogP contribution in [0.2, 0.25) is 0 Å². The Morgan fingerprint density at radius 1 is 1.50 bits per heavy atom. The van der Waals surface area contributed by atoms with Crippen LogP contribution >= 0.6 is 0 Å². The van der Waals surface area contributed by atoms with Crippen molar-refractivity contribution in [1.29, 1.82) is 5.26 Å². The second-order valence-corrected chi connectivity index (χ2v) is 4.16. The normalized spacial score (nSPS) is 11.3. The summed E-state index contributed by atoms with van der Waals surface area (Å²) < 4.78 is 6.98. The summed E-state index contributed by atoms with van der Waals surface area (Å²) in [5.41, 5.74) is 0.334. The van der Waals surface area contributed by atoms with E-state index in [-0.39, 0.29) is 0 Å². The van der Waals surface area contributed by atoms with Crippen LogP contribution in [-0.4, -0.2) is 22.6 Å². The molecule has 0 aromatic carbocycles. The Bertz CT molecular complexity index is 442. The SMILES string of the molecule is CCCCCCC(=Nc1c(C#N)ncn1C)OC. The van der Waals surface area contributed by atoms with Crippen LogP contribution in [0.5, 0.6) is 0 Å². The molecular weight excluding hydrogens is 228 g/mol. The first-order chi connectivity index (χ1) is 8.72. The summed E-state index contributed by atoms with van der Waals surface area (Å²) in [6.07, 6.45) is 7.05. The number of aliphatic imine (C=N–C) groups is 1. The van der Waals surface area contributed by atoms with Crippen molar-refractivity contribution in [3.63, 3.8) is 0 Å². The van der Waals surface area contributed by atoms with Crippen LogP contribution in [-0.2, 0) is 11.8 Å². The summed E-state index contributed by atoms with van der Waals surface area (Å²) in [5.74, 6) is 1.22. The topological polar surface area (TPSA) is 63.2 Å². The zero-order valence-corrected chi connectivity index (χ0v) is 11.3. The molecule has 0 saturated heterocycles. The van der Waals surface area contributed by atoms with Crippen molar-refractivity contribution in [3.8, 4) is 6.07 Å². The van der Waals surface area contributed by atoms with Gasteiger partial charge >= 0.3 is 0 Å². The Hall–Kier alpha value is -1.83. The maximum atomic E-state index is 8.93. The Morgan fingerprint density at radius 2 is 2.28 bits per heavy atom. The fourth-order valence-electron chi connectivity index (χ4n) is 1.66. The molecule has 0 saturated carbocycles. The highest BCUT2D eigenvalue weighted by atomic mass is 16.5. The minimum absolute atomic E-state index is 0.334. The van der Waals surface area contributed by atoms with Crippen molar-refractivity contribution in [2.24, 2.45) is 12.0 Å². The molecule has 5 heteroatoms. The second-order valence-electron chi connectivity index (χ2n) is 4.16. The van der Waals surface area contributed by atoms with E-state index in [1.165, 1.54) is 19.3 Å². The molecule has 1 heterocycles. The Morgan fingerprint density at radius 3 is 2.89 bits per heavy atom. The van der Waals surface area contributed by atoms with Gasteiger partial charge in [-0.05, 0) is 6.42 Å². The van der Waals surface area contributed by atoms with Gasteiger partial charge in [0.2, 0.25) is 0 Å². The number of nitrogens with zero attached hydrogens (tertiary/aromatic N) is 4. The third kappa shape index (κ3) is 3.88. The number of hydrogen-bond acceptors (Lipinski definition) is 4. The monoisotopic (exact) mass is 248 g/mol. The lowest BCUT2D eigenvalue weighted by Crippen LogP contribution is -2.02. The first kappa shape index (κ1) is 14.2. The number of methoxy groups -OCH3 is 1. The first-order valence-corrected chi connectivity index (χ1v) is 6.25. The summed E-state index contributed by atoms with van der Waals surface area (Å²) in [4.78, 5) is 8.35. The summed E-state index contributed by atoms with van der Waals surface area (Å²) >= 11 is 0. The lowest BCUT2D eigenvalue weighted by molar-refractivity contribution is 0.387. The van der Waals surface area contributed by atoms with Gasteiger partial charge in [0.15, 0.2) is 17.4 Å². The molecule has 18 heavy (non-hydrogen) atoms. The molecule has 1 aromatic rings. The number of hydrogen-bond donors (Lipinski definition) is 0. The largest absolute Gasteiger partial charge is 0.484 e. The van der Waals surface area contributed by atoms with Crippen molar-refractivity contribution in [1.82, 2.24) is 9.55 Å². The van der Waals surface area contributed by atoms with Gasteiger partial charge in [-0.1, -0.05) is 26.2 Å². The van der Waals surface area contributed by atoms with E-state index in [2.05, 4.69) is 16.9 Å². The van der Waals surface area contributed by atoms with Crippen LogP contribution in [0, 0.1) is 11.3 Å². The number of rotatable bonds is 6. The fourth-order valence-corrected chi connectivity index (χ4v) is 1.66. The quantitative estimate of drug-likeness (QED) is 0.441. The van der Waals surface area contributed by atoms with Gasteiger partial charge in [0.1, 0.15) is 6.07 Å². The third-order valence-corrected chi connectivity index (χ3v) is 2.72. The van der Waals surface area contributed by atoms with Crippen LogP contribution in [0.25, 0.3) is 0 Å². The van der Waals surface area contributed by atoms with Crippen molar-refractivity contribution in [3.05, 3.63) is 12.0 Å². The van der Waals surface area contributed by atoms with E-state index in [4.69, 9.17) is 10.00 Å². The molecule has 0 radical (unpaired) electrons. The van der Waals surface area contributed by atoms with Gasteiger partial charge in [-0.25, -0.2) is 4.98 Å². The van der Waals surface area contributed by atoms with Crippen molar-refractivity contribution >= 4 is 11.7 Å². The minimum Gasteiger partial charge on any atom is -0.484 e. The predicted octanol–water partition coefficient (Wildman–Crippen LogP) is 2.94. The highest BCUT2D eigenvalue weighted by Gasteiger charge is 2.09. The van der Waals surface area contributed by atoms with Crippen LogP contribution in [0.1, 0.15) is 44.7 Å². The highest BCUT2D eigenvalue weighted by molar-refractivity contribution is 5.79. The average Bonchev–Trinajstić information content (AvgIpc) is 2.74. The number of aromatic nitrogens is 2. The van der Waals surface area contributed by atoms with Gasteiger partial charge in [0.25, 0.3) is 0 Å². The molecule has 1 aromatic heterocycles. The van der Waals surface area contributed by atoms with E-state index < -0.39 is 0 Å². The van der Waals surface area contributed by atoms with E-state index in [1.54, 1.807) is 18.0 Å². The number of nitriles is 1. The van der Waals surface area contributed by atoms with E-state index >= 15 is 0 Å². The molecule has 0 aliphatic carbocycles. The predicted molar refractivity (Wildman–Crippen MR) is 70.8 cm³/mol. The molecule has 0 bridgehead atoms. The summed E-state index contributed by atoms with van der Waals surface area (Å²) in [5, 5.41) is 8.93. The Balaban J connectivity index is 2.71. The molecule has 0 spiro atoms. The molecule has 0 fully saturated rings. The molecule has 0 aliphatic rings. The summed E-state index contributed by atoms with van der Waals surface area (Å²) in [7, 11) is 3.43. The molecule has 5 nitrogen and oxygen atoms in total.